The van der Waals surface area contributed by atoms with Crippen LogP contribution in [0.1, 0.15) is 11.1 Å². The number of amides is 1. The van der Waals surface area contributed by atoms with Crippen molar-refractivity contribution < 1.29 is 24.2 Å². The second-order valence-electron chi connectivity index (χ2n) is 5.52. The highest BCUT2D eigenvalue weighted by Crippen LogP contribution is 2.37. The van der Waals surface area contributed by atoms with Crippen LogP contribution in [0.4, 0.5) is 0 Å². The van der Waals surface area contributed by atoms with Crippen molar-refractivity contribution in [3.05, 3.63) is 62.1 Å². The zero-order valence-electron chi connectivity index (χ0n) is 14.7. The molecule has 0 saturated heterocycles. The van der Waals surface area contributed by atoms with Crippen molar-refractivity contribution in [2.45, 2.75) is 6.61 Å². The minimum Gasteiger partial charge on any atom is -0.493 e. The molecule has 0 radical (unpaired) electrons. The van der Waals surface area contributed by atoms with Gasteiger partial charge in [0.25, 0.3) is 0 Å². The highest BCUT2D eigenvalue weighted by atomic mass is 79.9. The maximum Gasteiger partial charge on any atom is 0.322 e. The maximum atomic E-state index is 11.6. The minimum atomic E-state index is -1.12. The third-order valence-electron chi connectivity index (χ3n) is 3.46. The van der Waals surface area contributed by atoms with Crippen LogP contribution < -0.4 is 14.8 Å². The summed E-state index contributed by atoms with van der Waals surface area (Å²) in [5.41, 5.74) is 1.50. The molecular weight excluding hydrogens is 473 g/mol. The van der Waals surface area contributed by atoms with Gasteiger partial charge in [-0.05, 0) is 57.4 Å². The number of ether oxygens (including phenoxy) is 2. The van der Waals surface area contributed by atoms with Gasteiger partial charge in [-0.2, -0.15) is 0 Å². The Morgan fingerprint density at radius 2 is 1.96 bits per heavy atom. The minimum absolute atomic E-state index is 0.249. The third-order valence-corrected chi connectivity index (χ3v) is 4.79. The van der Waals surface area contributed by atoms with E-state index < -0.39 is 18.4 Å². The van der Waals surface area contributed by atoms with E-state index in [4.69, 9.17) is 37.8 Å². The molecule has 0 aliphatic rings. The van der Waals surface area contributed by atoms with Gasteiger partial charge < -0.3 is 19.9 Å². The molecule has 6 nitrogen and oxygen atoms in total. The van der Waals surface area contributed by atoms with E-state index in [1.165, 1.54) is 19.3 Å². The molecule has 0 spiro atoms. The van der Waals surface area contributed by atoms with Crippen LogP contribution in [0.5, 0.6) is 11.5 Å². The summed E-state index contributed by atoms with van der Waals surface area (Å²) in [6, 6.07) is 8.65. The number of carboxylic acid groups (broad SMARTS) is 1. The Morgan fingerprint density at radius 1 is 1.21 bits per heavy atom. The number of rotatable bonds is 8. The second-order valence-corrected chi connectivity index (χ2v) is 7.18. The van der Waals surface area contributed by atoms with Gasteiger partial charge in [0.1, 0.15) is 13.2 Å². The molecule has 0 heterocycles. The fourth-order valence-electron chi connectivity index (χ4n) is 2.15. The number of carbonyl (C=O) groups is 2. The maximum absolute atomic E-state index is 11.6. The van der Waals surface area contributed by atoms with Crippen molar-refractivity contribution >= 4 is 57.1 Å². The molecule has 0 bridgehead atoms. The fourth-order valence-corrected chi connectivity index (χ4v) is 3.05. The van der Waals surface area contributed by atoms with E-state index in [1.807, 2.05) is 0 Å². The van der Waals surface area contributed by atoms with Gasteiger partial charge in [0.15, 0.2) is 11.5 Å². The average Bonchev–Trinajstić information content (AvgIpc) is 2.66. The van der Waals surface area contributed by atoms with Gasteiger partial charge in [-0.15, -0.1) is 0 Å². The summed E-state index contributed by atoms with van der Waals surface area (Å²) in [6.45, 7) is -0.198. The smallest absolute Gasteiger partial charge is 0.322 e. The molecular formula is C19H16BrCl2NO5. The number of hydrogen-bond donors (Lipinski definition) is 2. The van der Waals surface area contributed by atoms with Crippen molar-refractivity contribution in [1.29, 1.82) is 0 Å². The average molecular weight is 489 g/mol. The van der Waals surface area contributed by atoms with Gasteiger partial charge in [0.05, 0.1) is 21.6 Å². The van der Waals surface area contributed by atoms with Crippen LogP contribution in [-0.4, -0.2) is 30.6 Å². The fraction of sp³-hybridized carbons (Fsp3) is 0.158. The van der Waals surface area contributed by atoms with E-state index in [-0.39, 0.29) is 6.61 Å². The van der Waals surface area contributed by atoms with Crippen LogP contribution in [0, 0.1) is 0 Å². The summed E-state index contributed by atoms with van der Waals surface area (Å²) >= 11 is 15.4. The lowest BCUT2D eigenvalue weighted by Gasteiger charge is -2.14. The first-order valence-corrected chi connectivity index (χ1v) is 9.47. The summed E-state index contributed by atoms with van der Waals surface area (Å²) in [5.74, 6) is -0.687. The Kier molecular flexibility index (Phi) is 8.17. The molecule has 2 aromatic carbocycles. The van der Waals surface area contributed by atoms with Gasteiger partial charge in [0.2, 0.25) is 5.91 Å². The molecule has 0 unspecified atom stereocenters. The molecule has 0 aliphatic heterocycles. The predicted molar refractivity (Wildman–Crippen MR) is 111 cm³/mol. The molecule has 2 rings (SSSR count). The number of hydrogen-bond acceptors (Lipinski definition) is 4. The molecule has 2 N–H and O–H groups in total. The van der Waals surface area contributed by atoms with Gasteiger partial charge in [-0.3, -0.25) is 9.59 Å². The molecule has 0 atom stereocenters. The topological polar surface area (TPSA) is 84.9 Å². The highest BCUT2D eigenvalue weighted by Gasteiger charge is 2.12. The summed E-state index contributed by atoms with van der Waals surface area (Å²) in [6.07, 6.45) is 2.77. The Bertz CT molecular complexity index is 917. The predicted octanol–water partition coefficient (Wildman–Crippen LogP) is 4.56. The normalized spacial score (nSPS) is 10.7. The number of halogens is 3. The number of carbonyl (C=O) groups excluding carboxylic acids is 1. The molecule has 148 valence electrons. The molecule has 0 aromatic heterocycles. The van der Waals surface area contributed by atoms with E-state index in [0.29, 0.717) is 31.6 Å². The molecule has 9 heteroatoms. The largest absolute Gasteiger partial charge is 0.493 e. The zero-order valence-corrected chi connectivity index (χ0v) is 17.8. The van der Waals surface area contributed by atoms with E-state index >= 15 is 0 Å². The Labute approximate surface area is 180 Å². The van der Waals surface area contributed by atoms with E-state index in [2.05, 4.69) is 21.2 Å². The monoisotopic (exact) mass is 487 g/mol. The summed E-state index contributed by atoms with van der Waals surface area (Å²) in [5, 5.41) is 11.7. The van der Waals surface area contributed by atoms with Crippen LogP contribution in [0.25, 0.3) is 6.08 Å². The zero-order chi connectivity index (χ0) is 20.7. The molecule has 0 aliphatic carbocycles. The highest BCUT2D eigenvalue weighted by molar-refractivity contribution is 9.10. The standard InChI is InChI=1S/C19H16BrCl2NO5/c1-27-16-8-11(3-5-17(24)23-9-18(25)26)6-13(20)19(16)28-10-12-2-4-14(21)15(22)7-12/h2-8H,9-10H2,1H3,(H,23,24)(H,25,26)/b5-3+. The summed E-state index contributed by atoms with van der Waals surface area (Å²) in [7, 11) is 1.50. The van der Waals surface area contributed by atoms with Gasteiger partial charge >= 0.3 is 5.97 Å². The first kappa shape index (κ1) is 22.1. The Morgan fingerprint density at radius 3 is 2.61 bits per heavy atom. The number of carboxylic acids is 1. The lowest BCUT2D eigenvalue weighted by atomic mass is 10.2. The van der Waals surface area contributed by atoms with Gasteiger partial charge in [0, 0.05) is 6.08 Å². The first-order valence-electron chi connectivity index (χ1n) is 7.92. The quantitative estimate of drug-likeness (QED) is 0.532. The molecule has 1 amide bonds. The lowest BCUT2D eigenvalue weighted by molar-refractivity contribution is -0.137. The van der Waals surface area contributed by atoms with Crippen molar-refractivity contribution in [3.63, 3.8) is 0 Å². The van der Waals surface area contributed by atoms with Crippen molar-refractivity contribution in [2.75, 3.05) is 13.7 Å². The molecule has 2 aromatic rings. The van der Waals surface area contributed by atoms with Crippen molar-refractivity contribution in [1.82, 2.24) is 5.32 Å². The van der Waals surface area contributed by atoms with Crippen LogP contribution in [0.15, 0.2) is 40.9 Å². The third kappa shape index (κ3) is 6.44. The van der Waals surface area contributed by atoms with Crippen LogP contribution >= 0.6 is 39.1 Å². The summed E-state index contributed by atoms with van der Waals surface area (Å²) < 4.78 is 11.8. The summed E-state index contributed by atoms with van der Waals surface area (Å²) in [4.78, 5) is 22.0. The number of methoxy groups -OCH3 is 1. The Balaban J connectivity index is 2.12. The molecule has 0 fully saturated rings. The van der Waals surface area contributed by atoms with E-state index in [1.54, 1.807) is 30.3 Å². The van der Waals surface area contributed by atoms with E-state index in [0.717, 1.165) is 5.56 Å². The number of benzene rings is 2. The van der Waals surface area contributed by atoms with Crippen LogP contribution in [-0.2, 0) is 16.2 Å². The van der Waals surface area contributed by atoms with Crippen molar-refractivity contribution in [3.8, 4) is 11.5 Å². The van der Waals surface area contributed by atoms with Crippen LogP contribution in [0.2, 0.25) is 10.0 Å². The molecule has 28 heavy (non-hydrogen) atoms. The number of aliphatic carboxylic acids is 1. The molecule has 0 saturated carbocycles. The Hall–Kier alpha value is -2.22. The van der Waals surface area contributed by atoms with Gasteiger partial charge in [-0.25, -0.2) is 0 Å². The SMILES string of the molecule is COc1cc(/C=C/C(=O)NCC(=O)O)cc(Br)c1OCc1ccc(Cl)c(Cl)c1. The lowest BCUT2D eigenvalue weighted by Crippen LogP contribution is -2.27. The second kappa shape index (κ2) is 10.4. The number of nitrogens with one attached hydrogen (secondary N) is 1. The van der Waals surface area contributed by atoms with Crippen molar-refractivity contribution in [2.24, 2.45) is 0 Å². The first-order chi connectivity index (χ1) is 13.3. The van der Waals surface area contributed by atoms with Crippen LogP contribution in [0.3, 0.4) is 0 Å². The van der Waals surface area contributed by atoms with E-state index in [9.17, 15) is 9.59 Å². The van der Waals surface area contributed by atoms with Gasteiger partial charge in [-0.1, -0.05) is 29.3 Å².